The van der Waals surface area contributed by atoms with E-state index in [4.69, 9.17) is 4.98 Å². The van der Waals surface area contributed by atoms with Gasteiger partial charge in [0.15, 0.2) is 0 Å². The van der Waals surface area contributed by atoms with Crippen molar-refractivity contribution < 1.29 is 10.2 Å². The largest absolute Gasteiger partial charge is 0.387 e. The summed E-state index contributed by atoms with van der Waals surface area (Å²) in [5, 5.41) is 27.7. The standard InChI is InChI=1S/C25H31N3O2/c1-18(24(29)20-10-5-3-6-11-20)26-16-22-14-9-15-23(28-22)17-27-19(2)25(30)21-12-7-4-8-13-21/h3-15,18-19,24-27,29-30H,16-17H2,1-2H3. The van der Waals surface area contributed by atoms with Crippen LogP contribution < -0.4 is 10.6 Å². The number of pyridine rings is 1. The molecule has 4 unspecified atom stereocenters. The van der Waals surface area contributed by atoms with Crippen molar-refractivity contribution >= 4 is 0 Å². The summed E-state index contributed by atoms with van der Waals surface area (Å²) in [5.41, 5.74) is 3.62. The second kappa shape index (κ2) is 11.0. The lowest BCUT2D eigenvalue weighted by molar-refractivity contribution is 0.135. The number of hydrogen-bond acceptors (Lipinski definition) is 5. The molecule has 0 bridgehead atoms. The van der Waals surface area contributed by atoms with Gasteiger partial charge in [-0.05, 0) is 37.1 Å². The summed E-state index contributed by atoms with van der Waals surface area (Å²) < 4.78 is 0. The molecule has 0 saturated carbocycles. The van der Waals surface area contributed by atoms with Crippen LogP contribution in [0.5, 0.6) is 0 Å². The number of aliphatic hydroxyl groups is 2. The lowest BCUT2D eigenvalue weighted by Gasteiger charge is -2.21. The van der Waals surface area contributed by atoms with E-state index in [0.717, 1.165) is 22.5 Å². The van der Waals surface area contributed by atoms with Gasteiger partial charge in [-0.25, -0.2) is 0 Å². The molecule has 5 nitrogen and oxygen atoms in total. The van der Waals surface area contributed by atoms with Gasteiger partial charge in [-0.2, -0.15) is 0 Å². The zero-order chi connectivity index (χ0) is 21.3. The van der Waals surface area contributed by atoms with E-state index in [1.807, 2.05) is 92.7 Å². The molecule has 0 saturated heterocycles. The van der Waals surface area contributed by atoms with E-state index in [1.165, 1.54) is 0 Å². The predicted octanol–water partition coefficient (Wildman–Crippen LogP) is 3.51. The van der Waals surface area contributed by atoms with E-state index in [1.54, 1.807) is 0 Å². The van der Waals surface area contributed by atoms with Gasteiger partial charge in [0.1, 0.15) is 0 Å². The van der Waals surface area contributed by atoms with Crippen LogP contribution in [0.4, 0.5) is 0 Å². The van der Waals surface area contributed by atoms with Crippen molar-refractivity contribution in [2.45, 2.75) is 51.2 Å². The number of rotatable bonds is 10. The molecule has 3 rings (SSSR count). The van der Waals surface area contributed by atoms with Gasteiger partial charge in [0, 0.05) is 25.2 Å². The number of benzene rings is 2. The summed E-state index contributed by atoms with van der Waals surface area (Å²) in [4.78, 5) is 4.69. The van der Waals surface area contributed by atoms with Crippen LogP contribution in [0.25, 0.3) is 0 Å². The Kier molecular flexibility index (Phi) is 8.11. The smallest absolute Gasteiger partial charge is 0.0940 e. The molecule has 3 aromatic rings. The molecule has 0 radical (unpaired) electrons. The summed E-state index contributed by atoms with van der Waals surface area (Å²) in [6.45, 7) is 5.08. The van der Waals surface area contributed by atoms with Crippen LogP contribution in [0.15, 0.2) is 78.9 Å². The van der Waals surface area contributed by atoms with Gasteiger partial charge in [0.25, 0.3) is 0 Å². The molecule has 1 heterocycles. The number of hydrogen-bond donors (Lipinski definition) is 4. The first-order valence-corrected chi connectivity index (χ1v) is 10.4. The molecule has 0 fully saturated rings. The fraction of sp³-hybridized carbons (Fsp3) is 0.320. The van der Waals surface area contributed by atoms with Crippen molar-refractivity contribution in [3.63, 3.8) is 0 Å². The van der Waals surface area contributed by atoms with E-state index < -0.39 is 12.2 Å². The quantitative estimate of drug-likeness (QED) is 0.415. The fourth-order valence-corrected chi connectivity index (χ4v) is 3.36. The highest BCUT2D eigenvalue weighted by Gasteiger charge is 2.17. The van der Waals surface area contributed by atoms with Gasteiger partial charge in [-0.3, -0.25) is 4.98 Å². The average molecular weight is 406 g/mol. The van der Waals surface area contributed by atoms with Crippen molar-refractivity contribution in [1.82, 2.24) is 15.6 Å². The molecule has 0 aliphatic heterocycles. The third-order valence-electron chi connectivity index (χ3n) is 5.30. The van der Waals surface area contributed by atoms with Crippen LogP contribution >= 0.6 is 0 Å². The first kappa shape index (κ1) is 22.1. The summed E-state index contributed by atoms with van der Waals surface area (Å²) in [5.74, 6) is 0. The summed E-state index contributed by atoms with van der Waals surface area (Å²) in [7, 11) is 0. The van der Waals surface area contributed by atoms with Crippen LogP contribution in [0, 0.1) is 0 Å². The van der Waals surface area contributed by atoms with Crippen LogP contribution in [-0.4, -0.2) is 27.3 Å². The van der Waals surface area contributed by atoms with Crippen LogP contribution in [0.2, 0.25) is 0 Å². The van der Waals surface area contributed by atoms with E-state index >= 15 is 0 Å². The van der Waals surface area contributed by atoms with Crippen LogP contribution in [-0.2, 0) is 13.1 Å². The monoisotopic (exact) mass is 405 g/mol. The minimum Gasteiger partial charge on any atom is -0.387 e. The van der Waals surface area contributed by atoms with Crippen molar-refractivity contribution in [2.24, 2.45) is 0 Å². The Morgan fingerprint density at radius 1 is 0.633 bits per heavy atom. The Balaban J connectivity index is 1.51. The highest BCUT2D eigenvalue weighted by atomic mass is 16.3. The molecule has 30 heavy (non-hydrogen) atoms. The van der Waals surface area contributed by atoms with E-state index in [-0.39, 0.29) is 12.1 Å². The van der Waals surface area contributed by atoms with Gasteiger partial charge < -0.3 is 20.8 Å². The van der Waals surface area contributed by atoms with E-state index in [9.17, 15) is 10.2 Å². The molecular weight excluding hydrogens is 374 g/mol. The fourth-order valence-electron chi connectivity index (χ4n) is 3.36. The highest BCUT2D eigenvalue weighted by Crippen LogP contribution is 2.17. The van der Waals surface area contributed by atoms with Crippen molar-refractivity contribution in [1.29, 1.82) is 0 Å². The van der Waals surface area contributed by atoms with Gasteiger partial charge in [0.2, 0.25) is 0 Å². The predicted molar refractivity (Wildman–Crippen MR) is 120 cm³/mol. The number of nitrogens with one attached hydrogen (secondary N) is 2. The normalized spacial score (nSPS) is 15.3. The second-order valence-electron chi connectivity index (χ2n) is 7.67. The topological polar surface area (TPSA) is 77.4 Å². The van der Waals surface area contributed by atoms with E-state index in [0.29, 0.717) is 13.1 Å². The SMILES string of the molecule is CC(NCc1cccc(CNC(C)C(O)c2ccccc2)n1)C(O)c1ccccc1. The minimum absolute atomic E-state index is 0.1000. The van der Waals surface area contributed by atoms with Crippen molar-refractivity contribution in [3.8, 4) is 0 Å². The molecular formula is C25H31N3O2. The summed E-state index contributed by atoms with van der Waals surface area (Å²) in [6.07, 6.45) is -1.15. The Bertz CT molecular complexity index is 818. The van der Waals surface area contributed by atoms with Crippen LogP contribution in [0.3, 0.4) is 0 Å². The molecule has 0 amide bonds. The Labute approximate surface area is 178 Å². The average Bonchev–Trinajstić information content (AvgIpc) is 2.81. The first-order valence-electron chi connectivity index (χ1n) is 10.4. The second-order valence-corrected chi connectivity index (χ2v) is 7.67. The van der Waals surface area contributed by atoms with Gasteiger partial charge in [-0.15, -0.1) is 0 Å². The van der Waals surface area contributed by atoms with E-state index in [2.05, 4.69) is 10.6 Å². The summed E-state index contributed by atoms with van der Waals surface area (Å²) >= 11 is 0. The maximum Gasteiger partial charge on any atom is 0.0940 e. The maximum atomic E-state index is 10.5. The molecule has 2 aromatic carbocycles. The maximum absolute atomic E-state index is 10.5. The molecule has 5 heteroatoms. The molecule has 0 spiro atoms. The van der Waals surface area contributed by atoms with Crippen molar-refractivity contribution in [3.05, 3.63) is 101 Å². The third kappa shape index (κ3) is 6.21. The molecule has 158 valence electrons. The Morgan fingerprint density at radius 2 is 1.03 bits per heavy atom. The van der Waals surface area contributed by atoms with Gasteiger partial charge >= 0.3 is 0 Å². The Morgan fingerprint density at radius 3 is 1.43 bits per heavy atom. The lowest BCUT2D eigenvalue weighted by atomic mass is 10.0. The summed E-state index contributed by atoms with van der Waals surface area (Å²) in [6, 6.07) is 25.0. The van der Waals surface area contributed by atoms with Gasteiger partial charge in [0.05, 0.1) is 23.6 Å². The minimum atomic E-state index is -0.573. The highest BCUT2D eigenvalue weighted by molar-refractivity contribution is 5.20. The zero-order valence-electron chi connectivity index (χ0n) is 17.6. The number of aromatic nitrogens is 1. The molecule has 4 N–H and O–H groups in total. The zero-order valence-corrected chi connectivity index (χ0v) is 17.6. The van der Waals surface area contributed by atoms with Gasteiger partial charge in [-0.1, -0.05) is 66.7 Å². The first-order chi connectivity index (χ1) is 14.5. The lowest BCUT2D eigenvalue weighted by Crippen LogP contribution is -2.33. The van der Waals surface area contributed by atoms with Crippen LogP contribution in [0.1, 0.15) is 48.6 Å². The molecule has 4 atom stereocenters. The van der Waals surface area contributed by atoms with Crippen molar-refractivity contribution in [2.75, 3.05) is 0 Å². The number of aliphatic hydroxyl groups excluding tert-OH is 2. The Hall–Kier alpha value is -2.57. The molecule has 0 aliphatic carbocycles. The molecule has 0 aliphatic rings. The number of nitrogens with zero attached hydrogens (tertiary/aromatic N) is 1. The molecule has 1 aromatic heterocycles. The third-order valence-corrected chi connectivity index (χ3v) is 5.30.